The van der Waals surface area contributed by atoms with Crippen molar-refractivity contribution in [1.29, 1.82) is 0 Å². The minimum Gasteiger partial charge on any atom is -0.481 e. The molecule has 1 aromatic heterocycles. The van der Waals surface area contributed by atoms with Crippen molar-refractivity contribution in [1.82, 2.24) is 15.6 Å². The van der Waals surface area contributed by atoms with Gasteiger partial charge in [0, 0.05) is 25.4 Å². The van der Waals surface area contributed by atoms with Crippen molar-refractivity contribution in [2.24, 2.45) is 0 Å². The van der Waals surface area contributed by atoms with Crippen molar-refractivity contribution in [2.45, 2.75) is 38.6 Å². The van der Waals surface area contributed by atoms with Gasteiger partial charge in [0.25, 0.3) is 0 Å². The summed E-state index contributed by atoms with van der Waals surface area (Å²) in [7, 11) is 1.58. The molecule has 0 aliphatic heterocycles. The first-order chi connectivity index (χ1) is 10.3. The van der Waals surface area contributed by atoms with Crippen LogP contribution in [-0.2, 0) is 6.54 Å². The number of nitrogens with zero attached hydrogens (tertiary/aromatic N) is 1. The lowest BCUT2D eigenvalue weighted by Crippen LogP contribution is -2.35. The molecule has 2 N–H and O–H groups in total. The van der Waals surface area contributed by atoms with E-state index in [9.17, 15) is 4.79 Å². The van der Waals surface area contributed by atoms with E-state index in [1.54, 1.807) is 13.3 Å². The van der Waals surface area contributed by atoms with Crippen LogP contribution in [0.15, 0.2) is 30.0 Å². The largest absolute Gasteiger partial charge is 0.481 e. The van der Waals surface area contributed by atoms with Gasteiger partial charge in [-0.15, -0.1) is 0 Å². The highest BCUT2D eigenvalue weighted by molar-refractivity contribution is 5.73. The van der Waals surface area contributed by atoms with Crippen LogP contribution < -0.4 is 15.4 Å². The number of carbonyl (C=O) groups excluding carboxylic acids is 1. The number of ether oxygens (including phenoxy) is 1. The van der Waals surface area contributed by atoms with Gasteiger partial charge in [0.15, 0.2) is 0 Å². The van der Waals surface area contributed by atoms with E-state index in [0.29, 0.717) is 19.0 Å². The van der Waals surface area contributed by atoms with Crippen LogP contribution in [0.4, 0.5) is 4.79 Å². The van der Waals surface area contributed by atoms with Crippen LogP contribution >= 0.6 is 0 Å². The van der Waals surface area contributed by atoms with E-state index in [1.165, 1.54) is 31.3 Å². The smallest absolute Gasteiger partial charge is 0.315 e. The molecule has 5 nitrogen and oxygen atoms in total. The maximum absolute atomic E-state index is 11.7. The third-order valence-electron chi connectivity index (χ3n) is 3.58. The number of rotatable bonds is 6. The monoisotopic (exact) mass is 289 g/mol. The molecule has 0 bridgehead atoms. The molecule has 0 fully saturated rings. The Morgan fingerprint density at radius 1 is 1.38 bits per heavy atom. The molecule has 0 radical (unpaired) electrons. The van der Waals surface area contributed by atoms with E-state index in [-0.39, 0.29) is 6.03 Å². The molecule has 1 aliphatic carbocycles. The summed E-state index contributed by atoms with van der Waals surface area (Å²) in [5.74, 6) is 0.555. The van der Waals surface area contributed by atoms with Gasteiger partial charge in [-0.05, 0) is 43.7 Å². The Balaban J connectivity index is 1.66. The number of hydrogen-bond donors (Lipinski definition) is 2. The highest BCUT2D eigenvalue weighted by Gasteiger charge is 2.05. The summed E-state index contributed by atoms with van der Waals surface area (Å²) in [6.45, 7) is 1.16. The van der Waals surface area contributed by atoms with Gasteiger partial charge in [0.05, 0.1) is 7.11 Å². The lowest BCUT2D eigenvalue weighted by atomic mass is 9.97. The number of urea groups is 1. The van der Waals surface area contributed by atoms with Crippen molar-refractivity contribution in [3.8, 4) is 5.88 Å². The molecular formula is C16H23N3O2. The SMILES string of the molecule is COc1cc(CNC(=O)NCCC2=CCCCC2)ccn1. The molecule has 1 aliphatic rings. The maximum Gasteiger partial charge on any atom is 0.315 e. The van der Waals surface area contributed by atoms with E-state index in [2.05, 4.69) is 21.7 Å². The Morgan fingerprint density at radius 2 is 2.29 bits per heavy atom. The van der Waals surface area contributed by atoms with Crippen molar-refractivity contribution in [2.75, 3.05) is 13.7 Å². The summed E-state index contributed by atoms with van der Waals surface area (Å²) in [4.78, 5) is 15.8. The van der Waals surface area contributed by atoms with Crippen molar-refractivity contribution < 1.29 is 9.53 Å². The third kappa shape index (κ3) is 5.45. The molecule has 0 saturated carbocycles. The Labute approximate surface area is 125 Å². The van der Waals surface area contributed by atoms with Gasteiger partial charge in [-0.3, -0.25) is 0 Å². The molecule has 5 heteroatoms. The summed E-state index contributed by atoms with van der Waals surface area (Å²) in [6, 6.07) is 3.53. The predicted molar refractivity (Wildman–Crippen MR) is 82.2 cm³/mol. The van der Waals surface area contributed by atoms with Crippen LogP contribution in [-0.4, -0.2) is 24.7 Å². The summed E-state index contributed by atoms with van der Waals surface area (Å²) in [5, 5.41) is 5.73. The molecule has 0 saturated heterocycles. The van der Waals surface area contributed by atoms with Crippen LogP contribution in [0.2, 0.25) is 0 Å². The summed E-state index contributed by atoms with van der Waals surface area (Å²) >= 11 is 0. The average molecular weight is 289 g/mol. The molecule has 0 aromatic carbocycles. The molecule has 1 heterocycles. The number of nitrogens with one attached hydrogen (secondary N) is 2. The molecule has 2 amide bonds. The first-order valence-electron chi connectivity index (χ1n) is 7.46. The fraction of sp³-hybridized carbons (Fsp3) is 0.500. The molecule has 0 atom stereocenters. The van der Waals surface area contributed by atoms with Gasteiger partial charge < -0.3 is 15.4 Å². The molecule has 0 unspecified atom stereocenters. The van der Waals surface area contributed by atoms with Crippen LogP contribution in [0.25, 0.3) is 0 Å². The fourth-order valence-corrected chi connectivity index (χ4v) is 2.39. The minimum atomic E-state index is -0.137. The Morgan fingerprint density at radius 3 is 3.05 bits per heavy atom. The van der Waals surface area contributed by atoms with Gasteiger partial charge >= 0.3 is 6.03 Å². The van der Waals surface area contributed by atoms with E-state index < -0.39 is 0 Å². The maximum atomic E-state index is 11.7. The van der Waals surface area contributed by atoms with Crippen molar-refractivity contribution in [3.63, 3.8) is 0 Å². The second kappa shape index (κ2) is 8.29. The molecule has 2 rings (SSSR count). The molecule has 1 aromatic rings. The molecule has 114 valence electrons. The second-order valence-corrected chi connectivity index (χ2v) is 5.17. The van der Waals surface area contributed by atoms with Gasteiger partial charge in [-0.2, -0.15) is 0 Å². The zero-order valence-electron chi connectivity index (χ0n) is 12.5. The van der Waals surface area contributed by atoms with Gasteiger partial charge in [-0.25, -0.2) is 9.78 Å². The average Bonchev–Trinajstić information content (AvgIpc) is 2.54. The molecule has 21 heavy (non-hydrogen) atoms. The van der Waals surface area contributed by atoms with E-state index in [4.69, 9.17) is 4.74 Å². The lowest BCUT2D eigenvalue weighted by Gasteiger charge is -2.13. The quantitative estimate of drug-likeness (QED) is 0.792. The van der Waals surface area contributed by atoms with E-state index >= 15 is 0 Å². The normalized spacial score (nSPS) is 14.2. The summed E-state index contributed by atoms with van der Waals surface area (Å²) < 4.78 is 5.05. The second-order valence-electron chi connectivity index (χ2n) is 5.17. The standard InChI is InChI=1S/C16H23N3O2/c1-21-15-11-14(8-9-17-15)12-19-16(20)18-10-7-13-5-3-2-4-6-13/h5,8-9,11H,2-4,6-7,10,12H2,1H3,(H2,18,19,20). The number of amides is 2. The summed E-state index contributed by atoms with van der Waals surface area (Å²) in [5.41, 5.74) is 2.44. The van der Waals surface area contributed by atoms with Gasteiger partial charge in [0.2, 0.25) is 5.88 Å². The number of hydrogen-bond acceptors (Lipinski definition) is 3. The predicted octanol–water partition coefficient (Wildman–Crippen LogP) is 2.78. The van der Waals surface area contributed by atoms with Crippen molar-refractivity contribution in [3.05, 3.63) is 35.5 Å². The topological polar surface area (TPSA) is 63.2 Å². The zero-order chi connectivity index (χ0) is 14.9. The van der Waals surface area contributed by atoms with Gasteiger partial charge in [-0.1, -0.05) is 11.6 Å². The molecular weight excluding hydrogens is 266 g/mol. The number of pyridine rings is 1. The first kappa shape index (κ1) is 15.4. The number of methoxy groups -OCH3 is 1. The Bertz CT molecular complexity index is 500. The van der Waals surface area contributed by atoms with Crippen LogP contribution in [0.5, 0.6) is 5.88 Å². The number of allylic oxidation sites excluding steroid dienone is 1. The van der Waals surface area contributed by atoms with Crippen LogP contribution in [0.1, 0.15) is 37.7 Å². The van der Waals surface area contributed by atoms with Crippen LogP contribution in [0, 0.1) is 0 Å². The lowest BCUT2D eigenvalue weighted by molar-refractivity contribution is 0.240. The van der Waals surface area contributed by atoms with Crippen molar-refractivity contribution >= 4 is 6.03 Å². The molecule has 0 spiro atoms. The fourth-order valence-electron chi connectivity index (χ4n) is 2.39. The third-order valence-corrected chi connectivity index (χ3v) is 3.58. The Kier molecular flexibility index (Phi) is 6.06. The Hall–Kier alpha value is -2.04. The highest BCUT2D eigenvalue weighted by atomic mass is 16.5. The minimum absolute atomic E-state index is 0.137. The van der Waals surface area contributed by atoms with Gasteiger partial charge in [0.1, 0.15) is 0 Å². The summed E-state index contributed by atoms with van der Waals surface area (Å²) in [6.07, 6.45) is 9.88. The highest BCUT2D eigenvalue weighted by Crippen LogP contribution is 2.19. The number of aromatic nitrogens is 1. The first-order valence-corrected chi connectivity index (χ1v) is 7.46. The number of carbonyl (C=O) groups is 1. The van der Waals surface area contributed by atoms with E-state index in [0.717, 1.165) is 12.0 Å². The van der Waals surface area contributed by atoms with E-state index in [1.807, 2.05) is 12.1 Å². The zero-order valence-corrected chi connectivity index (χ0v) is 12.5. The van der Waals surface area contributed by atoms with Crippen LogP contribution in [0.3, 0.4) is 0 Å².